The fraction of sp³-hybridized carbons (Fsp3) is 1.00. The third-order valence-corrected chi connectivity index (χ3v) is 16.5. The maximum Gasteiger partial charge on any atom is 0.170 e. The Morgan fingerprint density at radius 3 is 2.40 bits per heavy atom. The molecule has 45 heavy (non-hydrogen) atoms. The van der Waals surface area contributed by atoms with Gasteiger partial charge in [-0.1, -0.05) is 34.6 Å². The number of aliphatic hydroxyl groups is 2. The van der Waals surface area contributed by atoms with Crippen molar-refractivity contribution in [1.82, 2.24) is 4.90 Å². The van der Waals surface area contributed by atoms with Crippen LogP contribution < -0.4 is 5.73 Å². The summed E-state index contributed by atoms with van der Waals surface area (Å²) in [6.07, 6.45) is 8.44. The molecule has 3 saturated heterocycles. The molecule has 0 aromatic heterocycles. The van der Waals surface area contributed by atoms with Crippen molar-refractivity contribution in [3.05, 3.63) is 0 Å². The standard InChI is InChI=1S/C37H62N2O6/c1-21-16-23(30(38)33(4,5)41)44-29-28(21)34(6)12-13-37-20-36(37)11-10-26(45-27-17-39(14-15-43-27)22-18-42-19-22)32(2,3)24(36)8-9-25(37)35(34,7)31(29)40/h21-31,40-41H,8-20,38H2,1-7H3. The maximum absolute atomic E-state index is 12.5. The van der Waals surface area contributed by atoms with Crippen LogP contribution in [0.25, 0.3) is 0 Å². The summed E-state index contributed by atoms with van der Waals surface area (Å²) in [6, 6.07) is 0.0497. The van der Waals surface area contributed by atoms with Crippen molar-refractivity contribution >= 4 is 0 Å². The van der Waals surface area contributed by atoms with Crippen LogP contribution in [0.3, 0.4) is 0 Å². The maximum atomic E-state index is 12.5. The van der Waals surface area contributed by atoms with Crippen LogP contribution in [0.1, 0.15) is 99.8 Å². The molecule has 8 rings (SSSR count). The first kappa shape index (κ1) is 31.9. The molecule has 5 aliphatic carbocycles. The quantitative estimate of drug-likeness (QED) is 0.412. The van der Waals surface area contributed by atoms with Crippen molar-refractivity contribution in [2.24, 2.45) is 56.5 Å². The van der Waals surface area contributed by atoms with Gasteiger partial charge in [-0.15, -0.1) is 0 Å². The largest absolute Gasteiger partial charge is 0.390 e. The smallest absolute Gasteiger partial charge is 0.170 e. The highest BCUT2D eigenvalue weighted by molar-refractivity contribution is 5.33. The summed E-state index contributed by atoms with van der Waals surface area (Å²) in [5.74, 6) is 1.85. The third kappa shape index (κ3) is 4.12. The number of hydrogen-bond donors (Lipinski definition) is 3. The van der Waals surface area contributed by atoms with Gasteiger partial charge >= 0.3 is 0 Å². The molecule has 0 bridgehead atoms. The Balaban J connectivity index is 1.03. The van der Waals surface area contributed by atoms with Crippen molar-refractivity contribution in [1.29, 1.82) is 0 Å². The van der Waals surface area contributed by atoms with Crippen molar-refractivity contribution in [3.63, 3.8) is 0 Å². The van der Waals surface area contributed by atoms with Crippen LogP contribution in [0.5, 0.6) is 0 Å². The van der Waals surface area contributed by atoms with Gasteiger partial charge in [0.2, 0.25) is 0 Å². The third-order valence-electron chi connectivity index (χ3n) is 16.5. The first-order chi connectivity index (χ1) is 21.1. The van der Waals surface area contributed by atoms with Gasteiger partial charge in [0.25, 0.3) is 0 Å². The second kappa shape index (κ2) is 10.1. The lowest BCUT2D eigenvalue weighted by Gasteiger charge is -2.64. The minimum atomic E-state index is -1.02. The number of morpholine rings is 1. The number of rotatable bonds is 5. The zero-order chi connectivity index (χ0) is 31.9. The molecule has 8 fully saturated rings. The van der Waals surface area contributed by atoms with E-state index >= 15 is 0 Å². The molecule has 256 valence electrons. The Labute approximate surface area is 271 Å². The Hall–Kier alpha value is -0.320. The van der Waals surface area contributed by atoms with E-state index in [0.717, 1.165) is 45.8 Å². The molecule has 8 nitrogen and oxygen atoms in total. The van der Waals surface area contributed by atoms with E-state index in [4.69, 9.17) is 24.7 Å². The van der Waals surface area contributed by atoms with Crippen molar-refractivity contribution < 1.29 is 29.2 Å². The van der Waals surface area contributed by atoms with E-state index in [1.165, 1.54) is 38.5 Å². The van der Waals surface area contributed by atoms with Crippen LogP contribution in [0, 0.1) is 50.7 Å². The summed E-state index contributed by atoms with van der Waals surface area (Å²) in [7, 11) is 0. The first-order valence-electron chi connectivity index (χ1n) is 18.5. The van der Waals surface area contributed by atoms with Crippen LogP contribution in [-0.4, -0.2) is 96.4 Å². The highest BCUT2D eigenvalue weighted by Gasteiger charge is 2.84. The highest BCUT2D eigenvalue weighted by atomic mass is 16.7. The van der Waals surface area contributed by atoms with E-state index in [-0.39, 0.29) is 40.8 Å². The molecule has 8 aliphatic rings. The summed E-state index contributed by atoms with van der Waals surface area (Å²) in [5.41, 5.74) is 6.15. The van der Waals surface area contributed by atoms with Crippen molar-refractivity contribution in [2.75, 3.05) is 32.9 Å². The van der Waals surface area contributed by atoms with E-state index in [0.29, 0.717) is 40.5 Å². The average Bonchev–Trinajstić information content (AvgIpc) is 3.57. The number of nitrogens with zero attached hydrogens (tertiary/aromatic N) is 1. The van der Waals surface area contributed by atoms with E-state index in [9.17, 15) is 10.2 Å². The number of fused-ring (bicyclic) bond motifs is 4. The molecule has 3 aliphatic heterocycles. The van der Waals surface area contributed by atoms with Crippen LogP contribution in [0.15, 0.2) is 0 Å². The molecule has 0 aromatic rings. The SMILES string of the molecule is CC1CC(C(N)C(C)(C)O)OC2C1C1(C)CCC34CC35CCC(OC3CN(C6COC6)CCO3)C(C)(C)C5CCC4C1(C)C2O. The van der Waals surface area contributed by atoms with Gasteiger partial charge in [-0.3, -0.25) is 4.90 Å². The van der Waals surface area contributed by atoms with E-state index in [1.807, 2.05) is 0 Å². The van der Waals surface area contributed by atoms with Gasteiger partial charge < -0.3 is 34.9 Å². The van der Waals surface area contributed by atoms with E-state index in [2.05, 4.69) is 39.5 Å². The topological polar surface area (TPSA) is 107 Å². The fourth-order valence-corrected chi connectivity index (χ4v) is 13.9. The highest BCUT2D eigenvalue weighted by Crippen LogP contribution is 2.89. The predicted octanol–water partition coefficient (Wildman–Crippen LogP) is 4.34. The summed E-state index contributed by atoms with van der Waals surface area (Å²) < 4.78 is 25.4. The van der Waals surface area contributed by atoms with Gasteiger partial charge in [0.05, 0.1) is 68.5 Å². The molecular formula is C37H62N2O6. The summed E-state index contributed by atoms with van der Waals surface area (Å²) in [6.45, 7) is 20.1. The Morgan fingerprint density at radius 2 is 1.71 bits per heavy atom. The Kier molecular flexibility index (Phi) is 7.18. The van der Waals surface area contributed by atoms with Gasteiger partial charge in [0.15, 0.2) is 6.29 Å². The number of aliphatic hydroxyl groups excluding tert-OH is 1. The van der Waals surface area contributed by atoms with Crippen LogP contribution in [-0.2, 0) is 18.9 Å². The molecule has 0 radical (unpaired) electrons. The molecule has 2 spiro atoms. The molecular weight excluding hydrogens is 568 g/mol. The second-order valence-electron chi connectivity index (χ2n) is 18.8. The Bertz CT molecular complexity index is 1170. The van der Waals surface area contributed by atoms with Crippen LogP contribution >= 0.6 is 0 Å². The van der Waals surface area contributed by atoms with E-state index < -0.39 is 17.7 Å². The van der Waals surface area contributed by atoms with Crippen LogP contribution in [0.2, 0.25) is 0 Å². The van der Waals surface area contributed by atoms with Gasteiger partial charge in [-0.25, -0.2) is 0 Å². The average molecular weight is 631 g/mol. The lowest BCUT2D eigenvalue weighted by atomic mass is 9.41. The van der Waals surface area contributed by atoms with Gasteiger partial charge in [-0.2, -0.15) is 0 Å². The summed E-state index contributed by atoms with van der Waals surface area (Å²) in [5, 5.41) is 23.2. The molecule has 3 heterocycles. The number of ether oxygens (including phenoxy) is 4. The van der Waals surface area contributed by atoms with E-state index in [1.54, 1.807) is 13.8 Å². The molecule has 0 amide bonds. The number of hydrogen-bond acceptors (Lipinski definition) is 8. The predicted molar refractivity (Wildman–Crippen MR) is 171 cm³/mol. The second-order valence-corrected chi connectivity index (χ2v) is 18.8. The minimum absolute atomic E-state index is 0.0261. The minimum Gasteiger partial charge on any atom is -0.390 e. The zero-order valence-corrected chi connectivity index (χ0v) is 29.1. The molecule has 8 heteroatoms. The van der Waals surface area contributed by atoms with Gasteiger partial charge in [-0.05, 0) is 111 Å². The summed E-state index contributed by atoms with van der Waals surface area (Å²) in [4.78, 5) is 2.51. The molecule has 14 atom stereocenters. The molecule has 4 N–H and O–H groups in total. The number of nitrogens with two attached hydrogens (primary N) is 1. The van der Waals surface area contributed by atoms with Crippen LogP contribution in [0.4, 0.5) is 0 Å². The first-order valence-corrected chi connectivity index (χ1v) is 18.5. The monoisotopic (exact) mass is 630 g/mol. The molecule has 5 saturated carbocycles. The lowest BCUT2D eigenvalue weighted by molar-refractivity contribution is -0.256. The lowest BCUT2D eigenvalue weighted by Crippen LogP contribution is -2.60. The van der Waals surface area contributed by atoms with Crippen molar-refractivity contribution in [3.8, 4) is 0 Å². The zero-order valence-electron chi connectivity index (χ0n) is 29.1. The molecule has 14 unspecified atom stereocenters. The Morgan fingerprint density at radius 1 is 1.00 bits per heavy atom. The summed E-state index contributed by atoms with van der Waals surface area (Å²) >= 11 is 0. The van der Waals surface area contributed by atoms with Crippen molar-refractivity contribution in [2.45, 2.75) is 148 Å². The van der Waals surface area contributed by atoms with Gasteiger partial charge in [0, 0.05) is 12.0 Å². The normalized spacial score (nSPS) is 54.9. The fourth-order valence-electron chi connectivity index (χ4n) is 13.9. The van der Waals surface area contributed by atoms with Gasteiger partial charge in [0.1, 0.15) is 0 Å². The molecule has 0 aromatic carbocycles.